The minimum absolute atomic E-state index is 0.120. The Bertz CT molecular complexity index is 2110. The molecular formula is C49H58N6O6. The molecule has 4 aromatic carbocycles. The van der Waals surface area contributed by atoms with Gasteiger partial charge in [0.2, 0.25) is 11.8 Å². The summed E-state index contributed by atoms with van der Waals surface area (Å²) in [6.45, 7) is 1.30. The summed E-state index contributed by atoms with van der Waals surface area (Å²) in [7, 11) is 0. The van der Waals surface area contributed by atoms with Gasteiger partial charge < -0.3 is 40.7 Å². The van der Waals surface area contributed by atoms with Crippen LogP contribution < -0.4 is 21.3 Å². The number of hydrogen-bond acceptors (Lipinski definition) is 6. The number of fused-ring (bicyclic) bond motifs is 2. The van der Waals surface area contributed by atoms with Crippen LogP contribution in [0.15, 0.2) is 122 Å². The number of aromatic nitrogens is 2. The maximum Gasteiger partial charge on any atom is 0.408 e. The molecule has 4 amide bonds. The van der Waals surface area contributed by atoms with Crippen LogP contribution in [0.4, 0.5) is 9.59 Å². The highest BCUT2D eigenvalue weighted by Gasteiger charge is 2.24. The first-order chi connectivity index (χ1) is 29.9. The Balaban J connectivity index is 0.845. The Morgan fingerprint density at radius 1 is 0.459 bits per heavy atom. The van der Waals surface area contributed by atoms with Crippen LogP contribution in [-0.2, 0) is 45.1 Å². The van der Waals surface area contributed by atoms with Gasteiger partial charge in [-0.05, 0) is 47.2 Å². The van der Waals surface area contributed by atoms with Crippen molar-refractivity contribution in [3.8, 4) is 0 Å². The van der Waals surface area contributed by atoms with E-state index >= 15 is 0 Å². The number of benzene rings is 4. The lowest BCUT2D eigenvalue weighted by atomic mass is 10.0. The zero-order valence-electron chi connectivity index (χ0n) is 34.8. The molecule has 0 fully saturated rings. The number of H-pyrrole nitrogens is 2. The number of unbranched alkanes of at least 4 members (excludes halogenated alkanes) is 8. The lowest BCUT2D eigenvalue weighted by Gasteiger charge is -2.18. The summed E-state index contributed by atoms with van der Waals surface area (Å²) in [4.78, 5) is 58.7. The molecule has 2 heterocycles. The molecule has 0 aliphatic carbocycles. The Labute approximate surface area is 357 Å². The fourth-order valence-electron chi connectivity index (χ4n) is 7.43. The number of ether oxygens (including phenoxy) is 2. The van der Waals surface area contributed by atoms with Crippen LogP contribution in [0.2, 0.25) is 0 Å². The summed E-state index contributed by atoms with van der Waals surface area (Å²) >= 11 is 0. The summed E-state index contributed by atoms with van der Waals surface area (Å²) in [6, 6.07) is 33.1. The minimum atomic E-state index is -0.784. The maximum atomic E-state index is 13.3. The molecule has 0 aliphatic heterocycles. The largest absolute Gasteiger partial charge is 0.445 e. The van der Waals surface area contributed by atoms with Crippen molar-refractivity contribution in [2.45, 2.75) is 95.9 Å². The Hall–Kier alpha value is -6.56. The summed E-state index contributed by atoms with van der Waals surface area (Å²) in [6.07, 6.45) is 12.4. The molecule has 2 aromatic heterocycles. The fraction of sp³-hybridized carbons (Fsp3) is 0.347. The third-order valence-electron chi connectivity index (χ3n) is 10.8. The topological polar surface area (TPSA) is 166 Å². The number of para-hydroxylation sites is 2. The van der Waals surface area contributed by atoms with Gasteiger partial charge in [-0.15, -0.1) is 0 Å². The lowest BCUT2D eigenvalue weighted by Crippen LogP contribution is -2.48. The van der Waals surface area contributed by atoms with Crippen molar-refractivity contribution in [2.24, 2.45) is 0 Å². The molecule has 0 saturated heterocycles. The number of rotatable bonds is 24. The monoisotopic (exact) mass is 826 g/mol. The SMILES string of the molecule is O=C(NC(Cc1c[nH]c2ccccc12)C(=O)NCCCCCCCCCCCNC(=O)C(Cc1c[nH]c2ccccc12)NC(=O)OCc1ccccc1)OCc1ccccc1. The lowest BCUT2D eigenvalue weighted by molar-refractivity contribution is -0.123. The van der Waals surface area contributed by atoms with E-state index in [0.29, 0.717) is 25.9 Å². The molecular weight excluding hydrogens is 769 g/mol. The Morgan fingerprint density at radius 3 is 1.23 bits per heavy atom. The summed E-state index contributed by atoms with van der Waals surface area (Å²) in [5.74, 6) is -0.471. The van der Waals surface area contributed by atoms with E-state index in [9.17, 15) is 19.2 Å². The summed E-state index contributed by atoms with van der Waals surface area (Å²) in [5.41, 5.74) is 5.58. The Morgan fingerprint density at radius 2 is 0.820 bits per heavy atom. The van der Waals surface area contributed by atoms with Crippen molar-refractivity contribution in [3.05, 3.63) is 144 Å². The van der Waals surface area contributed by atoms with Gasteiger partial charge in [-0.25, -0.2) is 9.59 Å². The molecule has 0 radical (unpaired) electrons. The maximum absolute atomic E-state index is 13.3. The number of amides is 4. The molecule has 61 heavy (non-hydrogen) atoms. The van der Waals surface area contributed by atoms with Gasteiger partial charge in [0.1, 0.15) is 25.3 Å². The molecule has 0 bridgehead atoms. The van der Waals surface area contributed by atoms with Crippen LogP contribution in [0.25, 0.3) is 21.8 Å². The van der Waals surface area contributed by atoms with Crippen molar-refractivity contribution in [3.63, 3.8) is 0 Å². The van der Waals surface area contributed by atoms with Gasteiger partial charge in [0.25, 0.3) is 0 Å². The second-order valence-corrected chi connectivity index (χ2v) is 15.4. The number of hydrogen-bond donors (Lipinski definition) is 6. The van der Waals surface area contributed by atoms with Crippen LogP contribution >= 0.6 is 0 Å². The van der Waals surface area contributed by atoms with Gasteiger partial charge >= 0.3 is 12.2 Å². The first-order valence-electron chi connectivity index (χ1n) is 21.5. The molecule has 12 nitrogen and oxygen atoms in total. The van der Waals surface area contributed by atoms with E-state index in [0.717, 1.165) is 102 Å². The van der Waals surface area contributed by atoms with Crippen molar-refractivity contribution >= 4 is 45.8 Å². The highest BCUT2D eigenvalue weighted by atomic mass is 16.6. The first kappa shape index (κ1) is 44.0. The van der Waals surface area contributed by atoms with Crippen LogP contribution in [0, 0.1) is 0 Å². The zero-order valence-corrected chi connectivity index (χ0v) is 34.8. The average Bonchev–Trinajstić information content (AvgIpc) is 3.90. The molecule has 0 saturated carbocycles. The fourth-order valence-corrected chi connectivity index (χ4v) is 7.43. The van der Waals surface area contributed by atoms with Crippen LogP contribution in [-0.4, -0.2) is 59.1 Å². The van der Waals surface area contributed by atoms with E-state index in [1.54, 1.807) is 0 Å². The second kappa shape index (κ2) is 23.9. The van der Waals surface area contributed by atoms with Crippen molar-refractivity contribution in [1.82, 2.24) is 31.2 Å². The minimum Gasteiger partial charge on any atom is -0.445 e. The van der Waals surface area contributed by atoms with Crippen molar-refractivity contribution in [1.29, 1.82) is 0 Å². The molecule has 6 rings (SSSR count). The van der Waals surface area contributed by atoms with Crippen LogP contribution in [0.5, 0.6) is 0 Å². The van der Waals surface area contributed by atoms with E-state index in [1.165, 1.54) is 0 Å². The Kier molecular flexibility index (Phi) is 17.2. The third kappa shape index (κ3) is 14.3. The quantitative estimate of drug-likeness (QED) is 0.0334. The van der Waals surface area contributed by atoms with Gasteiger partial charge in [-0.1, -0.05) is 142 Å². The zero-order chi connectivity index (χ0) is 42.5. The van der Waals surface area contributed by atoms with Gasteiger partial charge in [-0.3, -0.25) is 9.59 Å². The van der Waals surface area contributed by atoms with Gasteiger partial charge in [0.05, 0.1) is 0 Å². The first-order valence-corrected chi connectivity index (χ1v) is 21.5. The van der Waals surface area contributed by atoms with E-state index in [1.807, 2.05) is 122 Å². The number of alkyl carbamates (subject to hydrolysis) is 2. The van der Waals surface area contributed by atoms with Crippen LogP contribution in [0.3, 0.4) is 0 Å². The second-order valence-electron chi connectivity index (χ2n) is 15.4. The third-order valence-corrected chi connectivity index (χ3v) is 10.8. The number of nitrogens with one attached hydrogen (secondary N) is 6. The summed E-state index contributed by atoms with van der Waals surface area (Å²) in [5, 5.41) is 13.7. The van der Waals surface area contributed by atoms with Gasteiger partial charge in [-0.2, -0.15) is 0 Å². The van der Waals surface area contributed by atoms with Crippen LogP contribution in [0.1, 0.15) is 80.0 Å². The highest BCUT2D eigenvalue weighted by molar-refractivity contribution is 5.89. The van der Waals surface area contributed by atoms with E-state index < -0.39 is 24.3 Å². The van der Waals surface area contributed by atoms with Gasteiger partial charge in [0, 0.05) is 60.1 Å². The molecule has 6 N–H and O–H groups in total. The predicted molar refractivity (Wildman–Crippen MR) is 239 cm³/mol. The molecule has 2 unspecified atom stereocenters. The molecule has 0 spiro atoms. The van der Waals surface area contributed by atoms with Crippen molar-refractivity contribution < 1.29 is 28.7 Å². The molecule has 320 valence electrons. The van der Waals surface area contributed by atoms with E-state index in [2.05, 4.69) is 31.2 Å². The average molecular weight is 827 g/mol. The number of carbonyl (C=O) groups is 4. The standard InChI is InChI=1S/C49H58N6O6/c56-46(44(30-38-32-52-42-26-16-14-24-40(38)42)54-48(58)60-34-36-20-10-8-11-21-36)50-28-18-6-4-2-1-3-5-7-19-29-51-47(57)45(31-39-33-53-43-27-17-15-25-41(39)43)55-49(59)61-35-37-22-12-9-13-23-37/h8-17,20-27,32-33,44-45,52-53H,1-7,18-19,28-31,34-35H2,(H,50,56)(H,51,57)(H,54,58)(H,55,59). The molecule has 6 aromatic rings. The normalized spacial score (nSPS) is 12.1. The van der Waals surface area contributed by atoms with Crippen molar-refractivity contribution in [2.75, 3.05) is 13.1 Å². The molecule has 2 atom stereocenters. The smallest absolute Gasteiger partial charge is 0.408 e. The van der Waals surface area contributed by atoms with E-state index in [4.69, 9.17) is 9.47 Å². The predicted octanol–water partition coefficient (Wildman–Crippen LogP) is 8.77. The molecule has 0 aliphatic rings. The summed E-state index contributed by atoms with van der Waals surface area (Å²) < 4.78 is 10.9. The molecule has 12 heteroatoms. The number of aromatic amines is 2. The highest BCUT2D eigenvalue weighted by Crippen LogP contribution is 2.21. The number of carbonyl (C=O) groups excluding carboxylic acids is 4. The van der Waals surface area contributed by atoms with Gasteiger partial charge in [0.15, 0.2) is 0 Å². The van der Waals surface area contributed by atoms with E-state index in [-0.39, 0.29) is 25.0 Å².